The zero-order valence-corrected chi connectivity index (χ0v) is 16.3. The molecule has 0 aliphatic rings. The molecule has 27 heavy (non-hydrogen) atoms. The first-order valence-corrected chi connectivity index (χ1v) is 9.66. The fraction of sp³-hybridized carbons (Fsp3) is 0.158. The summed E-state index contributed by atoms with van der Waals surface area (Å²) < 4.78 is 3.50. The highest BCUT2D eigenvalue weighted by molar-refractivity contribution is 7.98. The highest BCUT2D eigenvalue weighted by atomic mass is 35.5. The van der Waals surface area contributed by atoms with Crippen molar-refractivity contribution in [2.24, 2.45) is 7.05 Å². The predicted molar refractivity (Wildman–Crippen MR) is 107 cm³/mol. The summed E-state index contributed by atoms with van der Waals surface area (Å²) >= 11 is 7.74. The van der Waals surface area contributed by atoms with Gasteiger partial charge in [-0.1, -0.05) is 41.6 Å². The Kier molecular flexibility index (Phi) is 4.72. The molecule has 0 saturated heterocycles. The van der Waals surface area contributed by atoms with Gasteiger partial charge in [0, 0.05) is 30.1 Å². The van der Waals surface area contributed by atoms with Crippen molar-refractivity contribution in [3.63, 3.8) is 0 Å². The summed E-state index contributed by atoms with van der Waals surface area (Å²) in [5.41, 5.74) is 2.97. The minimum Gasteiger partial charge on any atom is -0.305 e. The molecule has 4 rings (SSSR count). The van der Waals surface area contributed by atoms with Crippen LogP contribution in [0.15, 0.2) is 58.5 Å². The van der Waals surface area contributed by atoms with Gasteiger partial charge in [-0.3, -0.25) is 9.20 Å². The van der Waals surface area contributed by atoms with Crippen LogP contribution in [0, 0.1) is 6.92 Å². The first-order chi connectivity index (χ1) is 13.0. The van der Waals surface area contributed by atoms with Gasteiger partial charge in [0.25, 0.3) is 5.56 Å². The summed E-state index contributed by atoms with van der Waals surface area (Å²) in [5.74, 6) is 1.22. The molecule has 3 aromatic heterocycles. The Morgan fingerprint density at radius 3 is 2.74 bits per heavy atom. The van der Waals surface area contributed by atoms with Crippen LogP contribution in [0.5, 0.6) is 0 Å². The van der Waals surface area contributed by atoms with Crippen molar-refractivity contribution in [2.45, 2.75) is 17.8 Å². The summed E-state index contributed by atoms with van der Waals surface area (Å²) in [4.78, 5) is 17.0. The maximum atomic E-state index is 12.4. The molecule has 0 bridgehead atoms. The summed E-state index contributed by atoms with van der Waals surface area (Å²) in [6.45, 7) is 1.89. The van der Waals surface area contributed by atoms with E-state index in [4.69, 9.17) is 11.6 Å². The number of hydrogen-bond acceptors (Lipinski definition) is 5. The van der Waals surface area contributed by atoms with E-state index in [1.54, 1.807) is 10.5 Å². The van der Waals surface area contributed by atoms with Crippen molar-refractivity contribution in [2.75, 3.05) is 0 Å². The third-order valence-electron chi connectivity index (χ3n) is 4.23. The van der Waals surface area contributed by atoms with E-state index in [0.717, 1.165) is 16.4 Å². The SMILES string of the molecule is Cc1cccc2nc(CSc3nnc(-c4ccccc4Cl)n3C)cc(=O)n12. The average Bonchev–Trinajstić information content (AvgIpc) is 3.01. The highest BCUT2D eigenvalue weighted by Crippen LogP contribution is 2.29. The Morgan fingerprint density at radius 1 is 1.11 bits per heavy atom. The molecule has 0 aliphatic heterocycles. The number of fused-ring (bicyclic) bond motifs is 1. The lowest BCUT2D eigenvalue weighted by Gasteiger charge is -2.07. The number of hydrogen-bond donors (Lipinski definition) is 0. The number of aryl methyl sites for hydroxylation is 1. The maximum absolute atomic E-state index is 12.4. The molecule has 8 heteroatoms. The second kappa shape index (κ2) is 7.17. The van der Waals surface area contributed by atoms with Crippen LogP contribution >= 0.6 is 23.4 Å². The van der Waals surface area contributed by atoms with Crippen LogP contribution < -0.4 is 5.56 Å². The molecule has 0 aliphatic carbocycles. The third-order valence-corrected chi connectivity index (χ3v) is 5.62. The van der Waals surface area contributed by atoms with Gasteiger partial charge in [-0.25, -0.2) is 4.98 Å². The molecule has 0 radical (unpaired) electrons. The molecule has 3 heterocycles. The molecular formula is C19H16ClN5OS. The van der Waals surface area contributed by atoms with E-state index in [1.165, 1.54) is 11.8 Å². The van der Waals surface area contributed by atoms with Crippen LogP contribution in [0.25, 0.3) is 17.0 Å². The van der Waals surface area contributed by atoms with E-state index in [1.807, 2.05) is 61.0 Å². The van der Waals surface area contributed by atoms with Crippen molar-refractivity contribution < 1.29 is 0 Å². The number of rotatable bonds is 4. The van der Waals surface area contributed by atoms with E-state index in [2.05, 4.69) is 15.2 Å². The molecule has 0 atom stereocenters. The normalized spacial score (nSPS) is 11.2. The smallest absolute Gasteiger partial charge is 0.258 e. The number of benzene rings is 1. The Bertz CT molecular complexity index is 1200. The highest BCUT2D eigenvalue weighted by Gasteiger charge is 2.14. The van der Waals surface area contributed by atoms with Crippen LogP contribution in [-0.2, 0) is 12.8 Å². The van der Waals surface area contributed by atoms with Crippen LogP contribution in [0.3, 0.4) is 0 Å². The minimum absolute atomic E-state index is 0.0802. The number of pyridine rings is 1. The summed E-state index contributed by atoms with van der Waals surface area (Å²) in [7, 11) is 1.90. The maximum Gasteiger partial charge on any atom is 0.258 e. The Morgan fingerprint density at radius 2 is 1.93 bits per heavy atom. The Hall–Kier alpha value is -2.64. The van der Waals surface area contributed by atoms with Crippen LogP contribution in [-0.4, -0.2) is 24.1 Å². The zero-order valence-electron chi connectivity index (χ0n) is 14.8. The number of aromatic nitrogens is 5. The summed E-state index contributed by atoms with van der Waals surface area (Å²) in [5, 5.41) is 9.87. The van der Waals surface area contributed by atoms with Crippen LogP contribution in [0.4, 0.5) is 0 Å². The molecule has 0 spiro atoms. The Balaban J connectivity index is 1.61. The predicted octanol–water partition coefficient (Wildman–Crippen LogP) is 3.74. The Labute approximate surface area is 164 Å². The molecule has 0 saturated carbocycles. The molecular weight excluding hydrogens is 382 g/mol. The fourth-order valence-electron chi connectivity index (χ4n) is 2.89. The average molecular weight is 398 g/mol. The molecule has 0 amide bonds. The number of thioether (sulfide) groups is 1. The molecule has 1 aromatic carbocycles. The van der Waals surface area contributed by atoms with Gasteiger partial charge in [0.15, 0.2) is 11.0 Å². The van der Waals surface area contributed by atoms with Gasteiger partial charge < -0.3 is 4.57 Å². The van der Waals surface area contributed by atoms with Crippen molar-refractivity contribution in [1.29, 1.82) is 0 Å². The second-order valence-corrected chi connectivity index (χ2v) is 7.43. The lowest BCUT2D eigenvalue weighted by atomic mass is 10.2. The van der Waals surface area contributed by atoms with Gasteiger partial charge in [-0.05, 0) is 31.2 Å². The van der Waals surface area contributed by atoms with E-state index >= 15 is 0 Å². The molecule has 4 aromatic rings. The quantitative estimate of drug-likeness (QED) is 0.491. The van der Waals surface area contributed by atoms with Crippen molar-refractivity contribution in [1.82, 2.24) is 24.1 Å². The standard InChI is InChI=1S/C19H16ClN5OS/c1-12-6-5-9-16-21-13(10-17(26)25(12)16)11-27-19-23-22-18(24(19)2)14-7-3-4-8-15(14)20/h3-10H,11H2,1-2H3. The molecule has 136 valence electrons. The van der Waals surface area contributed by atoms with Crippen LogP contribution in [0.2, 0.25) is 5.02 Å². The van der Waals surface area contributed by atoms with Gasteiger partial charge >= 0.3 is 0 Å². The molecule has 6 nitrogen and oxygen atoms in total. The monoisotopic (exact) mass is 397 g/mol. The van der Waals surface area contributed by atoms with Gasteiger partial charge in [0.2, 0.25) is 0 Å². The first kappa shape index (κ1) is 17.8. The lowest BCUT2D eigenvalue weighted by Crippen LogP contribution is -2.17. The minimum atomic E-state index is -0.0802. The van der Waals surface area contributed by atoms with Crippen molar-refractivity contribution >= 4 is 29.0 Å². The second-order valence-electron chi connectivity index (χ2n) is 6.08. The van der Waals surface area contributed by atoms with E-state index in [9.17, 15) is 4.79 Å². The number of halogens is 1. The molecule has 0 fully saturated rings. The first-order valence-electron chi connectivity index (χ1n) is 8.30. The topological polar surface area (TPSA) is 65.1 Å². The number of nitrogens with zero attached hydrogens (tertiary/aromatic N) is 5. The van der Waals surface area contributed by atoms with Crippen LogP contribution in [0.1, 0.15) is 11.4 Å². The van der Waals surface area contributed by atoms with Gasteiger partial charge in [0.1, 0.15) is 5.65 Å². The lowest BCUT2D eigenvalue weighted by molar-refractivity contribution is 0.793. The molecule has 0 N–H and O–H groups in total. The van der Waals surface area contributed by atoms with E-state index in [-0.39, 0.29) is 5.56 Å². The van der Waals surface area contributed by atoms with Crippen molar-refractivity contribution in [3.05, 3.63) is 75.3 Å². The summed E-state index contributed by atoms with van der Waals surface area (Å²) in [6, 6.07) is 14.7. The fourth-order valence-corrected chi connectivity index (χ4v) is 3.92. The van der Waals surface area contributed by atoms with Gasteiger partial charge in [-0.15, -0.1) is 10.2 Å². The van der Waals surface area contributed by atoms with Gasteiger partial charge in [-0.2, -0.15) is 0 Å². The largest absolute Gasteiger partial charge is 0.305 e. The molecule has 0 unspecified atom stereocenters. The summed E-state index contributed by atoms with van der Waals surface area (Å²) in [6.07, 6.45) is 0. The third kappa shape index (κ3) is 3.36. The van der Waals surface area contributed by atoms with Gasteiger partial charge in [0.05, 0.1) is 10.7 Å². The van der Waals surface area contributed by atoms with Crippen molar-refractivity contribution in [3.8, 4) is 11.4 Å². The van der Waals surface area contributed by atoms with E-state index < -0.39 is 0 Å². The van der Waals surface area contributed by atoms with E-state index in [0.29, 0.717) is 27.9 Å². The zero-order chi connectivity index (χ0) is 19.0.